The van der Waals surface area contributed by atoms with Gasteiger partial charge in [-0.3, -0.25) is 0 Å². The van der Waals surface area contributed by atoms with E-state index >= 15 is 0 Å². The molecule has 0 saturated heterocycles. The number of rotatable bonds is 8. The van der Waals surface area contributed by atoms with Crippen molar-refractivity contribution in [3.63, 3.8) is 0 Å². The van der Waals surface area contributed by atoms with Crippen molar-refractivity contribution in [2.75, 3.05) is 35.5 Å². The van der Waals surface area contributed by atoms with Gasteiger partial charge in [0, 0.05) is 6.08 Å². The highest BCUT2D eigenvalue weighted by Gasteiger charge is 2.43. The molecule has 1 atom stereocenters. The predicted octanol–water partition coefficient (Wildman–Crippen LogP) is 1.89. The third-order valence-electron chi connectivity index (χ3n) is 2.85. The Bertz CT molecular complexity index is 577. The largest absolute Gasteiger partial charge is 0.490 e. The van der Waals surface area contributed by atoms with Gasteiger partial charge >= 0.3 is 13.3 Å². The first-order valence-electron chi connectivity index (χ1n) is 6.09. The van der Waals surface area contributed by atoms with E-state index in [1.165, 1.54) is 35.5 Å². The van der Waals surface area contributed by atoms with Crippen LogP contribution in [0.3, 0.4) is 0 Å². The van der Waals surface area contributed by atoms with Gasteiger partial charge in [-0.1, -0.05) is 11.1 Å². The molecule has 0 amide bonds. The van der Waals surface area contributed by atoms with Crippen LogP contribution in [-0.2, 0) is 9.36 Å². The van der Waals surface area contributed by atoms with Crippen molar-refractivity contribution in [3.05, 3.63) is 12.7 Å². The van der Waals surface area contributed by atoms with Crippen molar-refractivity contribution in [2.24, 2.45) is 0 Å². The van der Waals surface area contributed by atoms with Crippen LogP contribution in [0.4, 0.5) is 0 Å². The van der Waals surface area contributed by atoms with E-state index in [1.54, 1.807) is 0 Å². The SMILES string of the molecule is C=CC(=O)[P+](=O)c1c(OC)c(OC)c(OC)c(OC)c1OC. The fourth-order valence-corrected chi connectivity index (χ4v) is 3.08. The van der Waals surface area contributed by atoms with Gasteiger partial charge < -0.3 is 23.7 Å². The van der Waals surface area contributed by atoms with E-state index in [-0.39, 0.29) is 34.1 Å². The maximum absolute atomic E-state index is 12.5. The Morgan fingerprint density at radius 1 is 0.818 bits per heavy atom. The van der Waals surface area contributed by atoms with Crippen LogP contribution in [-0.4, -0.2) is 41.1 Å². The Kier molecular flexibility index (Phi) is 6.19. The average Bonchev–Trinajstić information content (AvgIpc) is 2.56. The molecule has 0 aromatic heterocycles. The molecule has 7 nitrogen and oxygen atoms in total. The number of methoxy groups -OCH3 is 5. The molecular formula is C14H18O7P+. The summed E-state index contributed by atoms with van der Waals surface area (Å²) in [4.78, 5) is 11.8. The lowest BCUT2D eigenvalue weighted by Gasteiger charge is -2.17. The first-order valence-corrected chi connectivity index (χ1v) is 7.35. The molecule has 1 aromatic rings. The molecular weight excluding hydrogens is 311 g/mol. The maximum Gasteiger partial charge on any atom is 0.466 e. The summed E-state index contributed by atoms with van der Waals surface area (Å²) in [6, 6.07) is 0. The van der Waals surface area contributed by atoms with Crippen LogP contribution < -0.4 is 29.0 Å². The van der Waals surface area contributed by atoms with Gasteiger partial charge in [-0.25, -0.2) is 4.79 Å². The smallest absolute Gasteiger partial charge is 0.466 e. The first kappa shape index (κ1) is 17.8. The summed E-state index contributed by atoms with van der Waals surface area (Å²) in [6.45, 7) is 3.33. The van der Waals surface area contributed by atoms with Gasteiger partial charge in [-0.15, -0.1) is 0 Å². The summed E-state index contributed by atoms with van der Waals surface area (Å²) in [6.07, 6.45) is 0.973. The molecule has 0 N–H and O–H groups in total. The van der Waals surface area contributed by atoms with Crippen LogP contribution in [0.25, 0.3) is 0 Å². The van der Waals surface area contributed by atoms with Crippen molar-refractivity contribution in [1.82, 2.24) is 0 Å². The van der Waals surface area contributed by atoms with E-state index in [0.717, 1.165) is 6.08 Å². The van der Waals surface area contributed by atoms with E-state index in [9.17, 15) is 9.36 Å². The van der Waals surface area contributed by atoms with Crippen LogP contribution >= 0.6 is 7.80 Å². The Balaban J connectivity index is 3.90. The van der Waals surface area contributed by atoms with Gasteiger partial charge in [-0.2, -0.15) is 0 Å². The minimum absolute atomic E-state index is 0.0272. The molecule has 0 fully saturated rings. The molecule has 22 heavy (non-hydrogen) atoms. The molecule has 0 bridgehead atoms. The third kappa shape index (κ3) is 2.85. The lowest BCUT2D eigenvalue weighted by molar-refractivity contribution is -0.107. The van der Waals surface area contributed by atoms with E-state index in [1.807, 2.05) is 0 Å². The van der Waals surface area contributed by atoms with Gasteiger partial charge in [0.2, 0.25) is 28.7 Å². The van der Waals surface area contributed by atoms with Crippen molar-refractivity contribution in [2.45, 2.75) is 0 Å². The lowest BCUT2D eigenvalue weighted by Crippen LogP contribution is -2.14. The molecule has 0 aliphatic rings. The van der Waals surface area contributed by atoms with Crippen LogP contribution in [0, 0.1) is 0 Å². The minimum atomic E-state index is -2.52. The van der Waals surface area contributed by atoms with Gasteiger partial charge in [0.05, 0.1) is 35.5 Å². The summed E-state index contributed by atoms with van der Waals surface area (Å²) in [5.74, 6) is 0.661. The number of hydrogen-bond acceptors (Lipinski definition) is 7. The standard InChI is InChI=1S/C14H18O7P/c1-7-8(15)22(16)14-12(20-5)10(18-3)9(17-2)11(19-4)13(14)21-6/h7H,1H2,2-6H3/q+1. The zero-order valence-electron chi connectivity index (χ0n) is 13.1. The van der Waals surface area contributed by atoms with Crippen LogP contribution in [0.2, 0.25) is 0 Å². The molecule has 1 aromatic carbocycles. The summed E-state index contributed by atoms with van der Waals surface area (Å²) in [7, 11) is 4.37. The number of carbonyl (C=O) groups excluding carboxylic acids is 1. The number of ether oxygens (including phenoxy) is 5. The first-order chi connectivity index (χ1) is 10.5. The van der Waals surface area contributed by atoms with Crippen LogP contribution in [0.1, 0.15) is 0 Å². The quantitative estimate of drug-likeness (QED) is 0.532. The number of allylic oxidation sites excluding steroid dienone is 1. The van der Waals surface area contributed by atoms with E-state index in [0.29, 0.717) is 0 Å². The fourth-order valence-electron chi connectivity index (χ4n) is 1.94. The molecule has 1 unspecified atom stereocenters. The molecule has 0 aliphatic heterocycles. The summed E-state index contributed by atoms with van der Waals surface area (Å²) in [5.41, 5.74) is -0.666. The van der Waals surface area contributed by atoms with Gasteiger partial charge in [0.15, 0.2) is 0 Å². The van der Waals surface area contributed by atoms with E-state index in [4.69, 9.17) is 23.7 Å². The molecule has 0 radical (unpaired) electrons. The van der Waals surface area contributed by atoms with Crippen LogP contribution in [0.15, 0.2) is 12.7 Å². The van der Waals surface area contributed by atoms with Gasteiger partial charge in [0.1, 0.15) is 0 Å². The Morgan fingerprint density at radius 2 is 1.14 bits per heavy atom. The summed E-state index contributed by atoms with van der Waals surface area (Å²) in [5, 5.41) is 0.0272. The second kappa shape index (κ2) is 7.66. The Hall–Kier alpha value is -2.27. The highest BCUT2D eigenvalue weighted by molar-refractivity contribution is 7.71. The fraction of sp³-hybridized carbons (Fsp3) is 0.357. The van der Waals surface area contributed by atoms with Crippen molar-refractivity contribution >= 4 is 18.6 Å². The summed E-state index contributed by atoms with van der Waals surface area (Å²) >= 11 is 0. The third-order valence-corrected chi connectivity index (χ3v) is 4.25. The molecule has 0 saturated carbocycles. The van der Waals surface area contributed by atoms with Crippen molar-refractivity contribution in [1.29, 1.82) is 0 Å². The van der Waals surface area contributed by atoms with Crippen molar-refractivity contribution in [3.8, 4) is 28.7 Å². The molecule has 0 spiro atoms. The zero-order valence-corrected chi connectivity index (χ0v) is 14.0. The maximum atomic E-state index is 12.5. The highest BCUT2D eigenvalue weighted by atomic mass is 31.1. The zero-order chi connectivity index (χ0) is 16.9. The molecule has 0 aliphatic carbocycles. The monoisotopic (exact) mass is 329 g/mol. The molecule has 8 heteroatoms. The average molecular weight is 329 g/mol. The highest BCUT2D eigenvalue weighted by Crippen LogP contribution is 2.52. The Labute approximate surface area is 129 Å². The van der Waals surface area contributed by atoms with E-state index in [2.05, 4.69) is 6.58 Å². The number of hydrogen-bond donors (Lipinski definition) is 0. The minimum Gasteiger partial charge on any atom is -0.490 e. The van der Waals surface area contributed by atoms with Crippen LogP contribution in [0.5, 0.6) is 28.7 Å². The normalized spacial score (nSPS) is 10.5. The summed E-state index contributed by atoms with van der Waals surface area (Å²) < 4.78 is 38.8. The molecule has 0 heterocycles. The second-order valence-electron chi connectivity index (χ2n) is 3.85. The number of carbonyl (C=O) groups is 1. The topological polar surface area (TPSA) is 80.3 Å². The number of benzene rings is 1. The van der Waals surface area contributed by atoms with Gasteiger partial charge in [0.25, 0.3) is 5.30 Å². The van der Waals surface area contributed by atoms with Crippen molar-refractivity contribution < 1.29 is 33.0 Å². The van der Waals surface area contributed by atoms with Gasteiger partial charge in [-0.05, 0) is 0 Å². The molecule has 1 rings (SSSR count). The Morgan fingerprint density at radius 3 is 1.41 bits per heavy atom. The second-order valence-corrected chi connectivity index (χ2v) is 5.33. The predicted molar refractivity (Wildman–Crippen MR) is 81.6 cm³/mol. The lowest BCUT2D eigenvalue weighted by atomic mass is 10.2. The molecule has 120 valence electrons. The van der Waals surface area contributed by atoms with E-state index < -0.39 is 13.3 Å².